The van der Waals surface area contributed by atoms with Crippen LogP contribution in [0.5, 0.6) is 0 Å². The van der Waals surface area contributed by atoms with Gasteiger partial charge in [0, 0.05) is 25.9 Å². The molecule has 0 N–H and O–H groups in total. The molecule has 0 bridgehead atoms. The van der Waals surface area contributed by atoms with Crippen LogP contribution >= 0.6 is 0 Å². The average Bonchev–Trinajstić information content (AvgIpc) is 2.25. The van der Waals surface area contributed by atoms with Crippen LogP contribution in [0.15, 0.2) is 30.5 Å². The van der Waals surface area contributed by atoms with Gasteiger partial charge < -0.3 is 4.90 Å². The molecule has 0 saturated carbocycles. The van der Waals surface area contributed by atoms with Gasteiger partial charge in [0.05, 0.1) is 0 Å². The smallest absolute Gasteiger partial charge is 0.152 e. The zero-order chi connectivity index (χ0) is 12.1. The van der Waals surface area contributed by atoms with Gasteiger partial charge in [-0.15, -0.1) is 0 Å². The number of benzene rings is 1. The number of aldehydes is 1. The summed E-state index contributed by atoms with van der Waals surface area (Å²) in [6.45, 7) is 4.32. The summed E-state index contributed by atoms with van der Waals surface area (Å²) in [6, 6.07) is 8.15. The van der Waals surface area contributed by atoms with Crippen LogP contribution in [0.3, 0.4) is 0 Å². The fraction of sp³-hybridized carbons (Fsp3) is 0.357. The maximum atomic E-state index is 11.0. The summed E-state index contributed by atoms with van der Waals surface area (Å²) in [5, 5.41) is 0. The number of carbonyl (C=O) groups excluding carboxylic acids is 1. The molecule has 16 heavy (non-hydrogen) atoms. The molecule has 0 fully saturated rings. The van der Waals surface area contributed by atoms with E-state index >= 15 is 0 Å². The van der Waals surface area contributed by atoms with Crippen molar-refractivity contribution in [2.75, 3.05) is 14.1 Å². The molecule has 0 radical (unpaired) electrons. The van der Waals surface area contributed by atoms with E-state index in [9.17, 15) is 4.79 Å². The third kappa shape index (κ3) is 3.23. The zero-order valence-corrected chi connectivity index (χ0v) is 10.4. The van der Waals surface area contributed by atoms with Crippen molar-refractivity contribution in [1.82, 2.24) is 4.90 Å². The molecule has 2 nitrogen and oxygen atoms in total. The lowest BCUT2D eigenvalue weighted by molar-refractivity contribution is -0.103. The quantitative estimate of drug-likeness (QED) is 0.571. The summed E-state index contributed by atoms with van der Waals surface area (Å²) < 4.78 is 0. The molecule has 1 aromatic carbocycles. The second kappa shape index (κ2) is 5.50. The number of nitrogens with zero attached hydrogens (tertiary/aromatic N) is 1. The van der Waals surface area contributed by atoms with Crippen LogP contribution in [-0.4, -0.2) is 25.3 Å². The Bertz CT molecular complexity index is 374. The van der Waals surface area contributed by atoms with E-state index in [1.54, 1.807) is 0 Å². The van der Waals surface area contributed by atoms with Crippen molar-refractivity contribution in [3.05, 3.63) is 41.6 Å². The van der Waals surface area contributed by atoms with Crippen LogP contribution in [0.25, 0.3) is 5.57 Å². The molecule has 0 aliphatic heterocycles. The minimum Gasteiger partial charge on any atom is -0.383 e. The topological polar surface area (TPSA) is 20.3 Å². The minimum atomic E-state index is 0.520. The maximum absolute atomic E-state index is 11.0. The Morgan fingerprint density at radius 1 is 1.19 bits per heavy atom. The number of rotatable bonds is 4. The zero-order valence-electron chi connectivity index (χ0n) is 10.4. The standard InChI is InChI=1S/C14H19NO/c1-11(2)12-5-7-13(8-6-12)14(10-16)9-15(3)4/h5-11H,1-4H3/b14-9+. The van der Waals surface area contributed by atoms with Gasteiger partial charge in [-0.05, 0) is 17.0 Å². The molecule has 0 saturated heterocycles. The molecule has 0 heterocycles. The van der Waals surface area contributed by atoms with E-state index in [2.05, 4.69) is 26.0 Å². The molecule has 0 amide bonds. The lowest BCUT2D eigenvalue weighted by Gasteiger charge is -2.09. The Balaban J connectivity index is 3.00. The van der Waals surface area contributed by atoms with Gasteiger partial charge in [-0.25, -0.2) is 0 Å². The molecular formula is C14H19NO. The second-order valence-electron chi connectivity index (χ2n) is 4.44. The fourth-order valence-electron chi connectivity index (χ4n) is 1.51. The Morgan fingerprint density at radius 2 is 1.75 bits per heavy atom. The van der Waals surface area contributed by atoms with Crippen LogP contribution in [0, 0.1) is 0 Å². The van der Waals surface area contributed by atoms with Gasteiger partial charge >= 0.3 is 0 Å². The van der Waals surface area contributed by atoms with Gasteiger partial charge in [0.15, 0.2) is 6.29 Å². The number of hydrogen-bond donors (Lipinski definition) is 0. The molecular weight excluding hydrogens is 198 g/mol. The lowest BCUT2D eigenvalue weighted by atomic mass is 9.99. The van der Waals surface area contributed by atoms with Gasteiger partial charge in [0.25, 0.3) is 0 Å². The van der Waals surface area contributed by atoms with Crippen molar-refractivity contribution in [1.29, 1.82) is 0 Å². The highest BCUT2D eigenvalue weighted by Crippen LogP contribution is 2.18. The highest BCUT2D eigenvalue weighted by Gasteiger charge is 2.02. The highest BCUT2D eigenvalue weighted by atomic mass is 16.1. The van der Waals surface area contributed by atoms with Gasteiger partial charge in [0.1, 0.15) is 0 Å². The lowest BCUT2D eigenvalue weighted by Crippen LogP contribution is -2.03. The molecule has 1 aromatic rings. The summed E-state index contributed by atoms with van der Waals surface area (Å²) in [6.07, 6.45) is 2.72. The predicted octanol–water partition coefficient (Wildman–Crippen LogP) is 2.91. The van der Waals surface area contributed by atoms with E-state index in [0.717, 1.165) is 11.8 Å². The summed E-state index contributed by atoms with van der Waals surface area (Å²) in [7, 11) is 3.82. The van der Waals surface area contributed by atoms with Crippen LogP contribution in [-0.2, 0) is 4.79 Å². The van der Waals surface area contributed by atoms with Crippen LogP contribution in [0.1, 0.15) is 30.9 Å². The van der Waals surface area contributed by atoms with Crippen LogP contribution < -0.4 is 0 Å². The largest absolute Gasteiger partial charge is 0.383 e. The Hall–Kier alpha value is -1.57. The van der Waals surface area contributed by atoms with E-state index in [0.29, 0.717) is 11.5 Å². The number of carbonyl (C=O) groups is 1. The van der Waals surface area contributed by atoms with Crippen molar-refractivity contribution < 1.29 is 4.79 Å². The van der Waals surface area contributed by atoms with Crippen LogP contribution in [0.2, 0.25) is 0 Å². The first-order valence-electron chi connectivity index (χ1n) is 5.48. The van der Waals surface area contributed by atoms with E-state index in [1.807, 2.05) is 37.3 Å². The maximum Gasteiger partial charge on any atom is 0.152 e. The third-order valence-corrected chi connectivity index (χ3v) is 2.43. The monoisotopic (exact) mass is 217 g/mol. The molecule has 0 unspecified atom stereocenters. The third-order valence-electron chi connectivity index (χ3n) is 2.43. The molecule has 0 atom stereocenters. The molecule has 1 rings (SSSR count). The van der Waals surface area contributed by atoms with E-state index < -0.39 is 0 Å². The normalized spacial score (nSPS) is 11.7. The predicted molar refractivity (Wildman–Crippen MR) is 68.3 cm³/mol. The van der Waals surface area contributed by atoms with Crippen molar-refractivity contribution in [3.63, 3.8) is 0 Å². The van der Waals surface area contributed by atoms with Gasteiger partial charge in [0.2, 0.25) is 0 Å². The molecule has 0 aliphatic rings. The van der Waals surface area contributed by atoms with Gasteiger partial charge in [-0.1, -0.05) is 38.1 Å². The highest BCUT2D eigenvalue weighted by molar-refractivity contribution is 6.06. The average molecular weight is 217 g/mol. The van der Waals surface area contributed by atoms with Crippen molar-refractivity contribution in [3.8, 4) is 0 Å². The first-order valence-corrected chi connectivity index (χ1v) is 5.48. The van der Waals surface area contributed by atoms with Gasteiger partial charge in [-0.3, -0.25) is 4.79 Å². The number of allylic oxidation sites excluding steroid dienone is 1. The second-order valence-corrected chi connectivity index (χ2v) is 4.44. The summed E-state index contributed by atoms with van der Waals surface area (Å²) in [4.78, 5) is 12.8. The summed E-state index contributed by atoms with van der Waals surface area (Å²) in [5.41, 5.74) is 2.97. The van der Waals surface area contributed by atoms with Crippen molar-refractivity contribution in [2.24, 2.45) is 0 Å². The SMILES string of the molecule is CC(C)c1ccc(/C(C=O)=C/N(C)C)cc1. The first-order chi connectivity index (χ1) is 7.54. The minimum absolute atomic E-state index is 0.520. The van der Waals surface area contributed by atoms with Gasteiger partial charge in [-0.2, -0.15) is 0 Å². The fourth-order valence-corrected chi connectivity index (χ4v) is 1.51. The summed E-state index contributed by atoms with van der Waals surface area (Å²) in [5.74, 6) is 0.520. The molecule has 0 spiro atoms. The summed E-state index contributed by atoms with van der Waals surface area (Å²) >= 11 is 0. The Kier molecular flexibility index (Phi) is 4.29. The van der Waals surface area contributed by atoms with Crippen molar-refractivity contribution in [2.45, 2.75) is 19.8 Å². The Morgan fingerprint density at radius 3 is 2.12 bits per heavy atom. The van der Waals surface area contributed by atoms with E-state index in [1.165, 1.54) is 5.56 Å². The molecule has 86 valence electrons. The Labute approximate surface area is 97.6 Å². The first kappa shape index (κ1) is 12.5. The molecule has 2 heteroatoms. The van der Waals surface area contributed by atoms with Crippen LogP contribution in [0.4, 0.5) is 0 Å². The number of hydrogen-bond acceptors (Lipinski definition) is 2. The molecule has 0 aromatic heterocycles. The molecule has 0 aliphatic carbocycles. The van der Waals surface area contributed by atoms with E-state index in [-0.39, 0.29) is 0 Å². The van der Waals surface area contributed by atoms with E-state index in [4.69, 9.17) is 0 Å². The van der Waals surface area contributed by atoms with Crippen molar-refractivity contribution >= 4 is 11.9 Å².